The Morgan fingerprint density at radius 2 is 1.68 bits per heavy atom. The van der Waals surface area contributed by atoms with Gasteiger partial charge in [0.1, 0.15) is 34.9 Å². The van der Waals surface area contributed by atoms with Gasteiger partial charge in [-0.2, -0.15) is 5.10 Å². The molecule has 2 heterocycles. The zero-order chi connectivity index (χ0) is 44.2. The summed E-state index contributed by atoms with van der Waals surface area (Å²) in [6.07, 6.45) is 8.86. The minimum absolute atomic E-state index is 0.0233. The minimum Gasteiger partial charge on any atom is -0.480 e. The molecule has 0 radical (unpaired) electrons. The van der Waals surface area contributed by atoms with E-state index < -0.39 is 66.8 Å². The molecule has 314 valence electrons. The Labute approximate surface area is 340 Å². The van der Waals surface area contributed by atoms with Crippen LogP contribution in [-0.4, -0.2) is 80.6 Å². The Bertz CT molecular complexity index is 2230. The molecular formula is C38H39ClF3N6O10P. The number of anilines is 2. The van der Waals surface area contributed by atoms with E-state index in [2.05, 4.69) is 26.7 Å². The Morgan fingerprint density at radius 1 is 1.08 bits per heavy atom. The highest BCUT2D eigenvalue weighted by Crippen LogP contribution is 2.40. The number of urea groups is 1. The van der Waals surface area contributed by atoms with Gasteiger partial charge in [-0.1, -0.05) is 17.5 Å². The van der Waals surface area contributed by atoms with Crippen molar-refractivity contribution in [2.45, 2.75) is 58.1 Å². The Kier molecular flexibility index (Phi) is 16.9. The number of imide groups is 1. The number of hydrogen-bond acceptors (Lipinski definition) is 10. The fourth-order valence-corrected chi connectivity index (χ4v) is 6.26. The first-order chi connectivity index (χ1) is 27.6. The van der Waals surface area contributed by atoms with Gasteiger partial charge in [0.05, 0.1) is 22.0 Å². The largest absolute Gasteiger partial charge is 0.480 e. The lowest BCUT2D eigenvalue weighted by Crippen LogP contribution is -2.32. The van der Waals surface area contributed by atoms with Gasteiger partial charge in [-0.3, -0.25) is 23.9 Å². The van der Waals surface area contributed by atoms with Crippen LogP contribution in [0.15, 0.2) is 64.9 Å². The molecule has 1 aliphatic carbocycles. The van der Waals surface area contributed by atoms with E-state index in [1.165, 1.54) is 38.0 Å². The van der Waals surface area contributed by atoms with Crippen LogP contribution in [0.2, 0.25) is 5.02 Å². The molecule has 0 saturated heterocycles. The molecule has 4 amide bonds. The number of rotatable bonds is 11. The number of benzene rings is 2. The summed E-state index contributed by atoms with van der Waals surface area (Å²) in [5.74, 6) is -3.21. The van der Waals surface area contributed by atoms with Gasteiger partial charge in [0, 0.05) is 48.0 Å². The molecule has 16 nitrogen and oxygen atoms in total. The van der Waals surface area contributed by atoms with E-state index in [9.17, 15) is 41.7 Å². The van der Waals surface area contributed by atoms with E-state index in [0.717, 1.165) is 35.9 Å². The van der Waals surface area contributed by atoms with Crippen molar-refractivity contribution >= 4 is 65.8 Å². The summed E-state index contributed by atoms with van der Waals surface area (Å²) in [6, 6.07) is 5.72. The van der Waals surface area contributed by atoms with Gasteiger partial charge in [0.15, 0.2) is 13.5 Å². The second-order valence-electron chi connectivity index (χ2n) is 12.9. The van der Waals surface area contributed by atoms with Crippen LogP contribution in [0.1, 0.15) is 62.0 Å². The predicted molar refractivity (Wildman–Crippen MR) is 211 cm³/mol. The van der Waals surface area contributed by atoms with Gasteiger partial charge in [-0.25, -0.2) is 33.1 Å². The number of nitrogens with one attached hydrogen (secondary N) is 2. The van der Waals surface area contributed by atoms with Crippen LogP contribution < -0.4 is 26.1 Å². The lowest BCUT2D eigenvalue weighted by atomic mass is 9.93. The number of aliphatic carboxylic acids is 1. The van der Waals surface area contributed by atoms with Crippen molar-refractivity contribution in [3.8, 4) is 18.1 Å². The maximum Gasteiger partial charge on any atom is 0.339 e. The molecule has 1 aromatic heterocycles. The zero-order valence-corrected chi connectivity index (χ0v) is 33.3. The number of carboxylic acid groups (broad SMARTS) is 2. The van der Waals surface area contributed by atoms with Crippen molar-refractivity contribution in [1.82, 2.24) is 10.4 Å². The van der Waals surface area contributed by atoms with Gasteiger partial charge in [0.2, 0.25) is 0 Å². The highest BCUT2D eigenvalue weighted by molar-refractivity contribution is 7.57. The van der Waals surface area contributed by atoms with Gasteiger partial charge < -0.3 is 30.9 Å². The summed E-state index contributed by atoms with van der Waals surface area (Å²) < 4.78 is 56.5. The smallest absolute Gasteiger partial charge is 0.339 e. The second-order valence-corrected chi connectivity index (χ2v) is 15.9. The quantitative estimate of drug-likeness (QED) is 0.0433. The first kappa shape index (κ1) is 47.3. The number of carbonyl (C=O) groups excluding carboxylic acids is 3. The highest BCUT2D eigenvalue weighted by Gasteiger charge is 2.41. The molecule has 0 saturated carbocycles. The van der Waals surface area contributed by atoms with Crippen LogP contribution in [0.3, 0.4) is 0 Å². The first-order valence-electron chi connectivity index (χ1n) is 17.4. The Morgan fingerprint density at radius 3 is 2.20 bits per heavy atom. The van der Waals surface area contributed by atoms with Gasteiger partial charge in [0.25, 0.3) is 11.8 Å². The summed E-state index contributed by atoms with van der Waals surface area (Å²) >= 11 is 5.97. The number of nitrogens with two attached hydrogens (primary N) is 1. The molecule has 0 spiro atoms. The topological polar surface area (TPSA) is 251 Å². The number of hydrazone groups is 1. The van der Waals surface area contributed by atoms with E-state index >= 15 is 0 Å². The monoisotopic (exact) mass is 862 g/mol. The molecule has 0 fully saturated rings. The molecule has 1 aliphatic heterocycles. The van der Waals surface area contributed by atoms with E-state index in [-0.39, 0.29) is 51.7 Å². The summed E-state index contributed by atoms with van der Waals surface area (Å²) in [7, 11) is -3.10. The molecule has 2 aliphatic rings. The molecule has 3 unspecified atom stereocenters. The fourth-order valence-electron chi connectivity index (χ4n) is 5.30. The summed E-state index contributed by atoms with van der Waals surface area (Å²) in [5, 5.41) is 23.3. The number of halogens is 4. The molecular weight excluding hydrogens is 824 g/mol. The average molecular weight is 863 g/mol. The molecule has 3 atom stereocenters. The van der Waals surface area contributed by atoms with Crippen molar-refractivity contribution in [2.75, 3.05) is 23.0 Å². The van der Waals surface area contributed by atoms with E-state index in [1.807, 2.05) is 0 Å². The number of amides is 4. The second kappa shape index (κ2) is 21.1. The van der Waals surface area contributed by atoms with Gasteiger partial charge in [-0.05, 0) is 76.3 Å². The molecule has 21 heteroatoms. The summed E-state index contributed by atoms with van der Waals surface area (Å²) in [6.45, 7) is 4.27. The number of carboxylic acids is 2. The average Bonchev–Trinajstić information content (AvgIpc) is 3.42. The Balaban J connectivity index is 0.000000254. The van der Waals surface area contributed by atoms with Crippen LogP contribution in [0.5, 0.6) is 5.75 Å². The molecule has 0 bridgehead atoms. The van der Waals surface area contributed by atoms with Crippen molar-refractivity contribution in [1.29, 1.82) is 0 Å². The number of terminal acetylenes is 1. The zero-order valence-electron chi connectivity index (χ0n) is 31.7. The number of carbonyl (C=O) groups is 5. The van der Waals surface area contributed by atoms with Crippen molar-refractivity contribution in [3.05, 3.63) is 93.5 Å². The van der Waals surface area contributed by atoms with Crippen molar-refractivity contribution < 1.29 is 61.6 Å². The predicted octanol–water partition coefficient (Wildman–Crippen LogP) is 5.92. The SMILES string of the molecule is C#CC(C)Oc1cc(N2C(=O)C3=C(CCCC3)C2=O)c(F)cc1Cl.C/C(=N\NC(=O)Nc1cc(F)cc(F)c1)c1ncccc1C(=O)O.CP(=O)(O)CCC(N)C(=O)O. The van der Waals surface area contributed by atoms with Crippen LogP contribution >= 0.6 is 19.0 Å². The third-order valence-corrected chi connectivity index (χ3v) is 9.55. The molecule has 7 N–H and O–H groups in total. The van der Waals surface area contributed by atoms with Crippen molar-refractivity contribution in [2.24, 2.45) is 10.8 Å². The molecule has 3 aromatic rings. The maximum absolute atomic E-state index is 14.4. The fraction of sp³-hybridized carbons (Fsp3) is 0.289. The highest BCUT2D eigenvalue weighted by atomic mass is 35.5. The van der Waals surface area contributed by atoms with Crippen LogP contribution in [-0.2, 0) is 18.9 Å². The number of nitrogens with zero attached hydrogens (tertiary/aromatic N) is 3. The van der Waals surface area contributed by atoms with Crippen LogP contribution in [0, 0.1) is 29.8 Å². The molecule has 2 aromatic carbocycles. The lowest BCUT2D eigenvalue weighted by molar-refractivity contribution is -0.138. The number of aromatic nitrogens is 1. The molecule has 59 heavy (non-hydrogen) atoms. The lowest BCUT2D eigenvalue weighted by Gasteiger charge is -2.19. The van der Waals surface area contributed by atoms with Gasteiger partial charge >= 0.3 is 18.0 Å². The van der Waals surface area contributed by atoms with E-state index in [4.69, 9.17) is 43.6 Å². The Hall–Kier alpha value is -6.06. The third kappa shape index (κ3) is 13.8. The van der Waals surface area contributed by atoms with E-state index in [0.29, 0.717) is 30.1 Å². The van der Waals surface area contributed by atoms with Crippen LogP contribution in [0.25, 0.3) is 0 Å². The first-order valence-corrected chi connectivity index (χ1v) is 20.1. The molecule has 5 rings (SSSR count). The number of ether oxygens (including phenoxy) is 1. The number of hydrogen-bond donors (Lipinski definition) is 6. The standard InChI is InChI=1S/C18H15ClFNO3.C15H12F2N4O3.C5H12NO4P/c1-3-10(2)24-16-9-15(14(20)8-13(16)19)21-17(22)11-6-4-5-7-12(11)18(21)23;1-8(13-12(14(22)23)3-2-4-18-13)20-21-15(24)19-11-6-9(16)5-10(17)7-11;1-11(9,10)3-2-4(6)5(7)8/h1,8-10H,4-7H2,2H3;2-7H,1H3,(H,22,23)(H2,19,21,24);4H,2-3,6H2,1H3,(H,7,8)(H,9,10)/b;20-8+;. The van der Waals surface area contributed by atoms with E-state index in [1.54, 1.807) is 6.92 Å². The summed E-state index contributed by atoms with van der Waals surface area (Å²) in [5.41, 5.74) is 8.06. The van der Waals surface area contributed by atoms with Gasteiger partial charge in [-0.15, -0.1) is 6.42 Å². The van der Waals surface area contributed by atoms with Crippen LogP contribution in [0.4, 0.5) is 29.3 Å². The summed E-state index contributed by atoms with van der Waals surface area (Å²) in [4.78, 5) is 71.5. The third-order valence-electron chi connectivity index (χ3n) is 8.17. The maximum atomic E-state index is 14.4. The van der Waals surface area contributed by atoms with Crippen molar-refractivity contribution in [3.63, 3.8) is 0 Å². The number of aromatic carboxylic acids is 1. The minimum atomic E-state index is -3.10. The normalized spacial score (nSPS) is 15.5. The number of pyridine rings is 1.